The van der Waals surface area contributed by atoms with Gasteiger partial charge in [0.05, 0.1) is 18.8 Å². The quantitative estimate of drug-likeness (QED) is 0.811. The van der Waals surface area contributed by atoms with Crippen LogP contribution in [-0.2, 0) is 4.79 Å². The average Bonchev–Trinajstić information content (AvgIpc) is 2.55. The van der Waals surface area contributed by atoms with E-state index in [-0.39, 0.29) is 5.70 Å². The maximum atomic E-state index is 12.1. The molecule has 0 bridgehead atoms. The molecule has 0 aliphatic heterocycles. The number of amides is 1. The van der Waals surface area contributed by atoms with Crippen molar-refractivity contribution in [1.82, 2.24) is 5.32 Å². The first-order valence-electron chi connectivity index (χ1n) is 6.63. The highest BCUT2D eigenvalue weighted by Crippen LogP contribution is 2.14. The smallest absolute Gasteiger partial charge is 0.255 e. The molecule has 5 nitrogen and oxygen atoms in total. The molecule has 2 aromatic rings. The Balaban J connectivity index is 2.20. The SMILES string of the molecule is COc1ccc(/C=C(/NC(=O)c2ccc(Br)cc2)C(=O)[O-])cc1. The molecule has 2 aromatic carbocycles. The first-order chi connectivity index (χ1) is 11.0. The zero-order valence-electron chi connectivity index (χ0n) is 12.2. The minimum Gasteiger partial charge on any atom is -0.543 e. The molecule has 6 heteroatoms. The third-order valence-electron chi connectivity index (χ3n) is 3.00. The first kappa shape index (κ1) is 16.8. The van der Waals surface area contributed by atoms with Gasteiger partial charge in [0.25, 0.3) is 5.91 Å². The van der Waals surface area contributed by atoms with Crippen LogP contribution in [0.2, 0.25) is 0 Å². The predicted octanol–water partition coefficient (Wildman–Crippen LogP) is 1.98. The molecule has 0 aliphatic carbocycles. The molecule has 0 radical (unpaired) electrons. The second-order valence-electron chi connectivity index (χ2n) is 4.58. The summed E-state index contributed by atoms with van der Waals surface area (Å²) in [4.78, 5) is 23.3. The number of hydrogen-bond acceptors (Lipinski definition) is 4. The van der Waals surface area contributed by atoms with Crippen molar-refractivity contribution in [1.29, 1.82) is 0 Å². The molecule has 23 heavy (non-hydrogen) atoms. The fourth-order valence-electron chi connectivity index (χ4n) is 1.81. The van der Waals surface area contributed by atoms with Crippen molar-refractivity contribution in [3.63, 3.8) is 0 Å². The number of carboxylic acid groups (broad SMARTS) is 1. The van der Waals surface area contributed by atoms with Gasteiger partial charge < -0.3 is 20.0 Å². The number of benzene rings is 2. The molecule has 2 rings (SSSR count). The highest BCUT2D eigenvalue weighted by molar-refractivity contribution is 9.10. The van der Waals surface area contributed by atoms with Crippen LogP contribution in [0, 0.1) is 0 Å². The number of carboxylic acids is 1. The molecular formula is C17H13BrNO4-. The van der Waals surface area contributed by atoms with E-state index in [0.29, 0.717) is 16.9 Å². The van der Waals surface area contributed by atoms with Crippen LogP contribution in [0.25, 0.3) is 6.08 Å². The Morgan fingerprint density at radius 3 is 2.22 bits per heavy atom. The number of carbonyl (C=O) groups excluding carboxylic acids is 2. The molecular weight excluding hydrogens is 362 g/mol. The van der Waals surface area contributed by atoms with Crippen LogP contribution >= 0.6 is 15.9 Å². The van der Waals surface area contributed by atoms with Gasteiger partial charge >= 0.3 is 0 Å². The van der Waals surface area contributed by atoms with E-state index in [9.17, 15) is 14.7 Å². The number of methoxy groups -OCH3 is 1. The second-order valence-corrected chi connectivity index (χ2v) is 5.50. The van der Waals surface area contributed by atoms with E-state index in [0.717, 1.165) is 4.47 Å². The maximum absolute atomic E-state index is 12.1. The van der Waals surface area contributed by atoms with Crippen molar-refractivity contribution < 1.29 is 19.4 Å². The minimum absolute atomic E-state index is 0.317. The summed E-state index contributed by atoms with van der Waals surface area (Å²) >= 11 is 3.27. The average molecular weight is 375 g/mol. The molecule has 0 saturated heterocycles. The topological polar surface area (TPSA) is 78.5 Å². The Morgan fingerprint density at radius 1 is 1.09 bits per heavy atom. The number of nitrogens with one attached hydrogen (secondary N) is 1. The van der Waals surface area contributed by atoms with Crippen LogP contribution in [0.4, 0.5) is 0 Å². The summed E-state index contributed by atoms with van der Waals surface area (Å²) in [5, 5.41) is 13.6. The Kier molecular flexibility index (Phi) is 5.54. The van der Waals surface area contributed by atoms with Crippen LogP contribution in [0.1, 0.15) is 15.9 Å². The molecule has 0 spiro atoms. The van der Waals surface area contributed by atoms with E-state index in [1.807, 2.05) is 0 Å². The van der Waals surface area contributed by atoms with Crippen LogP contribution in [0.3, 0.4) is 0 Å². The van der Waals surface area contributed by atoms with E-state index >= 15 is 0 Å². The van der Waals surface area contributed by atoms with Crippen molar-refractivity contribution in [2.75, 3.05) is 7.11 Å². The van der Waals surface area contributed by atoms with Gasteiger partial charge in [0, 0.05) is 10.0 Å². The summed E-state index contributed by atoms with van der Waals surface area (Å²) in [5.74, 6) is -1.34. The van der Waals surface area contributed by atoms with E-state index in [4.69, 9.17) is 4.74 Å². The lowest BCUT2D eigenvalue weighted by atomic mass is 10.1. The highest BCUT2D eigenvalue weighted by atomic mass is 79.9. The number of rotatable bonds is 5. The fourth-order valence-corrected chi connectivity index (χ4v) is 2.07. The van der Waals surface area contributed by atoms with Gasteiger partial charge in [-0.3, -0.25) is 4.79 Å². The lowest BCUT2D eigenvalue weighted by molar-refractivity contribution is -0.299. The molecule has 118 valence electrons. The predicted molar refractivity (Wildman–Crippen MR) is 87.6 cm³/mol. The Morgan fingerprint density at radius 2 is 1.70 bits per heavy atom. The van der Waals surface area contributed by atoms with E-state index < -0.39 is 11.9 Å². The molecule has 0 fully saturated rings. The number of halogens is 1. The maximum Gasteiger partial charge on any atom is 0.255 e. The van der Waals surface area contributed by atoms with Gasteiger partial charge in [0.1, 0.15) is 5.75 Å². The van der Waals surface area contributed by atoms with Crippen molar-refractivity contribution in [2.24, 2.45) is 0 Å². The summed E-state index contributed by atoms with van der Waals surface area (Å²) in [6.45, 7) is 0. The van der Waals surface area contributed by atoms with Crippen LogP contribution < -0.4 is 15.2 Å². The fraction of sp³-hybridized carbons (Fsp3) is 0.0588. The van der Waals surface area contributed by atoms with E-state index in [1.165, 1.54) is 13.2 Å². The molecule has 0 heterocycles. The van der Waals surface area contributed by atoms with Gasteiger partial charge in [-0.15, -0.1) is 0 Å². The van der Waals surface area contributed by atoms with Crippen LogP contribution in [0.5, 0.6) is 5.75 Å². The van der Waals surface area contributed by atoms with E-state index in [2.05, 4.69) is 21.2 Å². The van der Waals surface area contributed by atoms with Crippen molar-refractivity contribution in [3.8, 4) is 5.75 Å². The number of aliphatic carboxylic acids is 1. The summed E-state index contributed by atoms with van der Waals surface area (Å²) in [5.41, 5.74) is 0.624. The lowest BCUT2D eigenvalue weighted by Crippen LogP contribution is -2.35. The molecule has 1 N–H and O–H groups in total. The monoisotopic (exact) mass is 374 g/mol. The first-order valence-corrected chi connectivity index (χ1v) is 7.43. The van der Waals surface area contributed by atoms with E-state index in [1.54, 1.807) is 48.5 Å². The third kappa shape index (κ3) is 4.69. The zero-order valence-corrected chi connectivity index (χ0v) is 13.8. The van der Waals surface area contributed by atoms with Crippen molar-refractivity contribution in [3.05, 3.63) is 69.8 Å². The molecule has 0 atom stereocenters. The van der Waals surface area contributed by atoms with Gasteiger partial charge in [-0.2, -0.15) is 0 Å². The largest absolute Gasteiger partial charge is 0.543 e. The van der Waals surface area contributed by atoms with Crippen LogP contribution in [0.15, 0.2) is 58.7 Å². The number of hydrogen-bond donors (Lipinski definition) is 1. The third-order valence-corrected chi connectivity index (χ3v) is 3.53. The van der Waals surface area contributed by atoms with Gasteiger partial charge in [0.2, 0.25) is 0 Å². The number of carbonyl (C=O) groups is 2. The van der Waals surface area contributed by atoms with Crippen LogP contribution in [-0.4, -0.2) is 19.0 Å². The Labute approximate surface area is 141 Å². The van der Waals surface area contributed by atoms with Crippen molar-refractivity contribution in [2.45, 2.75) is 0 Å². The normalized spacial score (nSPS) is 11.0. The van der Waals surface area contributed by atoms with Gasteiger partial charge in [-0.05, 0) is 48.0 Å². The summed E-state index contributed by atoms with van der Waals surface area (Å²) in [6, 6.07) is 13.3. The Bertz CT molecular complexity index is 736. The molecule has 1 amide bonds. The molecule has 0 aliphatic rings. The number of ether oxygens (including phenoxy) is 1. The van der Waals surface area contributed by atoms with Gasteiger partial charge in [-0.1, -0.05) is 28.1 Å². The van der Waals surface area contributed by atoms with Gasteiger partial charge in [0.15, 0.2) is 0 Å². The van der Waals surface area contributed by atoms with Crippen molar-refractivity contribution >= 4 is 33.9 Å². The molecule has 0 unspecified atom stereocenters. The summed E-state index contributed by atoms with van der Waals surface area (Å²) < 4.78 is 5.85. The summed E-state index contributed by atoms with van der Waals surface area (Å²) in [6.07, 6.45) is 1.32. The molecule has 0 saturated carbocycles. The molecule has 0 aromatic heterocycles. The lowest BCUT2D eigenvalue weighted by Gasteiger charge is -2.11. The van der Waals surface area contributed by atoms with Gasteiger partial charge in [-0.25, -0.2) is 0 Å². The summed E-state index contributed by atoms with van der Waals surface area (Å²) in [7, 11) is 1.54. The highest BCUT2D eigenvalue weighted by Gasteiger charge is 2.08. The zero-order chi connectivity index (χ0) is 16.8. The minimum atomic E-state index is -1.47. The Hall–Kier alpha value is -2.60. The second kappa shape index (κ2) is 7.60. The standard InChI is InChI=1S/C17H14BrNO4/c1-23-14-8-2-11(3-9-14)10-15(17(21)22)19-16(20)12-4-6-13(18)7-5-12/h2-10H,1H3,(H,19,20)(H,21,22)/p-1/b15-10+.